The average Bonchev–Trinajstić information content (AvgIpc) is 2.63. The standard InChI is InChI=1S/C20H32N4O2/c1-5-26-20(25)24-12-9-18(10-13-24)23-19(21-4)22-11-8-17-7-6-15(2)14-16(17)3/h6-7,14,18H,5,8-13H2,1-4H3,(H2,21,22,23). The second-order valence-electron chi connectivity index (χ2n) is 6.78. The molecule has 0 unspecified atom stereocenters. The molecular formula is C20H32N4O2. The van der Waals surface area contributed by atoms with E-state index in [4.69, 9.17) is 4.74 Å². The smallest absolute Gasteiger partial charge is 0.409 e. The Balaban J connectivity index is 1.74. The van der Waals surface area contributed by atoms with Crippen LogP contribution in [-0.4, -0.2) is 56.3 Å². The van der Waals surface area contributed by atoms with Crippen LogP contribution in [0.4, 0.5) is 4.79 Å². The van der Waals surface area contributed by atoms with E-state index in [1.807, 2.05) is 6.92 Å². The molecule has 0 spiro atoms. The lowest BCUT2D eigenvalue weighted by atomic mass is 10.0. The van der Waals surface area contributed by atoms with Gasteiger partial charge in [0.1, 0.15) is 0 Å². The molecule has 144 valence electrons. The number of ether oxygens (including phenoxy) is 1. The van der Waals surface area contributed by atoms with E-state index in [-0.39, 0.29) is 6.09 Å². The van der Waals surface area contributed by atoms with Crippen molar-refractivity contribution in [2.45, 2.75) is 46.1 Å². The summed E-state index contributed by atoms with van der Waals surface area (Å²) in [6, 6.07) is 6.91. The second kappa shape index (κ2) is 10.0. The third kappa shape index (κ3) is 5.93. The Bertz CT molecular complexity index is 622. The fourth-order valence-corrected chi connectivity index (χ4v) is 3.25. The van der Waals surface area contributed by atoms with Crippen molar-refractivity contribution < 1.29 is 9.53 Å². The molecule has 1 saturated heterocycles. The van der Waals surface area contributed by atoms with Crippen LogP contribution in [0, 0.1) is 13.8 Å². The van der Waals surface area contributed by atoms with Gasteiger partial charge in [0, 0.05) is 32.7 Å². The van der Waals surface area contributed by atoms with Gasteiger partial charge < -0.3 is 20.3 Å². The Morgan fingerprint density at radius 3 is 2.65 bits per heavy atom. The van der Waals surface area contributed by atoms with E-state index in [9.17, 15) is 4.79 Å². The number of aliphatic imine (C=N–C) groups is 1. The predicted octanol–water partition coefficient (Wildman–Crippen LogP) is 2.63. The number of benzene rings is 1. The number of likely N-dealkylation sites (tertiary alicyclic amines) is 1. The first-order chi connectivity index (χ1) is 12.5. The Morgan fingerprint density at radius 2 is 2.04 bits per heavy atom. The summed E-state index contributed by atoms with van der Waals surface area (Å²) in [5.41, 5.74) is 3.99. The van der Waals surface area contributed by atoms with Gasteiger partial charge in [0.25, 0.3) is 0 Å². The highest BCUT2D eigenvalue weighted by atomic mass is 16.6. The minimum atomic E-state index is -0.207. The first kappa shape index (κ1) is 20.1. The topological polar surface area (TPSA) is 66.0 Å². The van der Waals surface area contributed by atoms with Crippen molar-refractivity contribution in [3.63, 3.8) is 0 Å². The Kier molecular flexibility index (Phi) is 7.75. The Hall–Kier alpha value is -2.24. The number of carbonyl (C=O) groups is 1. The lowest BCUT2D eigenvalue weighted by molar-refractivity contribution is 0.0963. The highest BCUT2D eigenvalue weighted by molar-refractivity contribution is 5.80. The van der Waals surface area contributed by atoms with Gasteiger partial charge >= 0.3 is 6.09 Å². The number of nitrogens with zero attached hydrogens (tertiary/aromatic N) is 2. The molecule has 1 aromatic carbocycles. The minimum absolute atomic E-state index is 0.207. The van der Waals surface area contributed by atoms with Crippen LogP contribution in [0.25, 0.3) is 0 Å². The number of rotatable bonds is 5. The van der Waals surface area contributed by atoms with Crippen LogP contribution in [0.5, 0.6) is 0 Å². The summed E-state index contributed by atoms with van der Waals surface area (Å²) < 4.78 is 5.06. The first-order valence-electron chi connectivity index (χ1n) is 9.48. The molecule has 1 amide bonds. The molecule has 0 atom stereocenters. The van der Waals surface area contributed by atoms with E-state index < -0.39 is 0 Å². The van der Waals surface area contributed by atoms with E-state index in [0.29, 0.717) is 12.6 Å². The largest absolute Gasteiger partial charge is 0.450 e. The van der Waals surface area contributed by atoms with Crippen molar-refractivity contribution in [3.8, 4) is 0 Å². The summed E-state index contributed by atoms with van der Waals surface area (Å²) in [5, 5.41) is 6.86. The summed E-state index contributed by atoms with van der Waals surface area (Å²) in [6.07, 6.45) is 2.56. The summed E-state index contributed by atoms with van der Waals surface area (Å²) in [6.45, 7) is 8.81. The summed E-state index contributed by atoms with van der Waals surface area (Å²) >= 11 is 0. The normalized spacial score (nSPS) is 15.7. The quantitative estimate of drug-likeness (QED) is 0.626. The van der Waals surface area contributed by atoms with Crippen LogP contribution in [0.15, 0.2) is 23.2 Å². The molecule has 1 aliphatic heterocycles. The van der Waals surface area contributed by atoms with Gasteiger partial charge in [0.2, 0.25) is 0 Å². The Labute approximate surface area is 157 Å². The second-order valence-corrected chi connectivity index (χ2v) is 6.78. The number of hydrogen-bond donors (Lipinski definition) is 2. The maximum Gasteiger partial charge on any atom is 0.409 e. The van der Waals surface area contributed by atoms with E-state index in [1.54, 1.807) is 11.9 Å². The molecule has 0 aliphatic carbocycles. The first-order valence-corrected chi connectivity index (χ1v) is 9.48. The van der Waals surface area contributed by atoms with Crippen molar-refractivity contribution in [1.82, 2.24) is 15.5 Å². The molecule has 0 bridgehead atoms. The lowest BCUT2D eigenvalue weighted by Gasteiger charge is -2.32. The van der Waals surface area contributed by atoms with Crippen molar-refractivity contribution >= 4 is 12.1 Å². The monoisotopic (exact) mass is 360 g/mol. The van der Waals surface area contributed by atoms with Gasteiger partial charge in [-0.2, -0.15) is 0 Å². The van der Waals surface area contributed by atoms with Crippen molar-refractivity contribution in [2.24, 2.45) is 4.99 Å². The molecular weight excluding hydrogens is 328 g/mol. The molecule has 2 rings (SSSR count). The van der Waals surface area contributed by atoms with Crippen LogP contribution in [0.3, 0.4) is 0 Å². The molecule has 0 aromatic heterocycles. The van der Waals surface area contributed by atoms with Crippen molar-refractivity contribution in [1.29, 1.82) is 0 Å². The van der Waals surface area contributed by atoms with E-state index in [2.05, 4.69) is 47.7 Å². The van der Waals surface area contributed by atoms with Gasteiger partial charge in [-0.3, -0.25) is 4.99 Å². The van der Waals surface area contributed by atoms with Gasteiger partial charge in [0.15, 0.2) is 5.96 Å². The van der Waals surface area contributed by atoms with E-state index in [0.717, 1.165) is 44.9 Å². The number of amides is 1. The number of carbonyl (C=O) groups excluding carboxylic acids is 1. The van der Waals surface area contributed by atoms with Crippen molar-refractivity contribution in [3.05, 3.63) is 34.9 Å². The third-order valence-corrected chi connectivity index (χ3v) is 4.77. The zero-order valence-corrected chi connectivity index (χ0v) is 16.5. The van der Waals surface area contributed by atoms with Gasteiger partial charge in [-0.15, -0.1) is 0 Å². The molecule has 6 nitrogen and oxygen atoms in total. The van der Waals surface area contributed by atoms with Crippen LogP contribution in [0.2, 0.25) is 0 Å². The van der Waals surface area contributed by atoms with Crippen molar-refractivity contribution in [2.75, 3.05) is 33.3 Å². The van der Waals surface area contributed by atoms with Gasteiger partial charge in [-0.25, -0.2) is 4.79 Å². The highest BCUT2D eigenvalue weighted by Crippen LogP contribution is 2.12. The fraction of sp³-hybridized carbons (Fsp3) is 0.600. The summed E-state index contributed by atoms with van der Waals surface area (Å²) in [5.74, 6) is 0.823. The zero-order valence-electron chi connectivity index (χ0n) is 16.5. The van der Waals surface area contributed by atoms with Gasteiger partial charge in [0.05, 0.1) is 6.61 Å². The van der Waals surface area contributed by atoms with E-state index >= 15 is 0 Å². The SMILES string of the molecule is CCOC(=O)N1CCC(NC(=NC)NCCc2ccc(C)cc2C)CC1. The maximum absolute atomic E-state index is 11.8. The summed E-state index contributed by atoms with van der Waals surface area (Å²) in [7, 11) is 1.79. The predicted molar refractivity (Wildman–Crippen MR) is 106 cm³/mol. The van der Waals surface area contributed by atoms with Crippen LogP contribution in [0.1, 0.15) is 36.5 Å². The molecule has 6 heteroatoms. The minimum Gasteiger partial charge on any atom is -0.450 e. The van der Waals surface area contributed by atoms with Gasteiger partial charge in [-0.05, 0) is 51.2 Å². The zero-order chi connectivity index (χ0) is 18.9. The fourth-order valence-electron chi connectivity index (χ4n) is 3.25. The van der Waals surface area contributed by atoms with E-state index in [1.165, 1.54) is 16.7 Å². The molecule has 26 heavy (non-hydrogen) atoms. The van der Waals surface area contributed by atoms with Crippen LogP contribution < -0.4 is 10.6 Å². The molecule has 2 N–H and O–H groups in total. The highest BCUT2D eigenvalue weighted by Gasteiger charge is 2.23. The number of nitrogens with one attached hydrogen (secondary N) is 2. The maximum atomic E-state index is 11.8. The molecule has 0 saturated carbocycles. The molecule has 1 aliphatic rings. The van der Waals surface area contributed by atoms with Crippen LogP contribution in [-0.2, 0) is 11.2 Å². The number of guanidine groups is 1. The van der Waals surface area contributed by atoms with Crippen LogP contribution >= 0.6 is 0 Å². The molecule has 0 radical (unpaired) electrons. The third-order valence-electron chi connectivity index (χ3n) is 4.77. The molecule has 1 heterocycles. The number of aryl methyl sites for hydroxylation is 2. The molecule has 1 aromatic rings. The summed E-state index contributed by atoms with van der Waals surface area (Å²) in [4.78, 5) is 17.9. The average molecular weight is 361 g/mol. The number of hydrogen-bond acceptors (Lipinski definition) is 3. The Morgan fingerprint density at radius 1 is 1.31 bits per heavy atom. The molecule has 1 fully saturated rings. The van der Waals surface area contributed by atoms with Gasteiger partial charge in [-0.1, -0.05) is 23.8 Å². The lowest BCUT2D eigenvalue weighted by Crippen LogP contribution is -2.50. The number of piperidine rings is 1.